The number of anilines is 1. The van der Waals surface area contributed by atoms with E-state index in [2.05, 4.69) is 26.3 Å². The zero-order valence-electron chi connectivity index (χ0n) is 12.2. The van der Waals surface area contributed by atoms with E-state index in [1.807, 2.05) is 6.92 Å². The number of nitrogens with zero attached hydrogens (tertiary/aromatic N) is 3. The number of hydrogen-bond donors (Lipinski definition) is 1. The van der Waals surface area contributed by atoms with Gasteiger partial charge in [0.25, 0.3) is 5.69 Å². The molecule has 0 saturated carbocycles. The van der Waals surface area contributed by atoms with Gasteiger partial charge in [-0.1, -0.05) is 0 Å². The zero-order chi connectivity index (χ0) is 16.3. The maximum atomic E-state index is 12.0. The Balaban J connectivity index is 1.97. The molecule has 0 atom stereocenters. The Morgan fingerprint density at radius 1 is 1.45 bits per heavy atom. The number of amides is 1. The molecule has 1 heterocycles. The van der Waals surface area contributed by atoms with E-state index >= 15 is 0 Å². The Morgan fingerprint density at radius 3 is 2.73 bits per heavy atom. The molecule has 1 aromatic heterocycles. The first kappa shape index (κ1) is 16.2. The lowest BCUT2D eigenvalue weighted by Gasteiger charge is -2.09. The number of nitrogens with one attached hydrogen (secondary N) is 1. The molecule has 0 bridgehead atoms. The highest BCUT2D eigenvalue weighted by atomic mass is 79.9. The quantitative estimate of drug-likeness (QED) is 0.649. The molecule has 2 rings (SSSR count). The minimum atomic E-state index is -0.461. The molecule has 1 amide bonds. The van der Waals surface area contributed by atoms with Crippen molar-refractivity contribution in [3.8, 4) is 0 Å². The van der Waals surface area contributed by atoms with E-state index in [0.717, 1.165) is 10.2 Å². The molecule has 0 aliphatic heterocycles. The van der Waals surface area contributed by atoms with Gasteiger partial charge in [0.1, 0.15) is 0 Å². The fourth-order valence-corrected chi connectivity index (χ4v) is 2.27. The van der Waals surface area contributed by atoms with Crippen molar-refractivity contribution in [2.75, 3.05) is 5.32 Å². The number of aromatic nitrogens is 2. The van der Waals surface area contributed by atoms with Gasteiger partial charge in [0, 0.05) is 29.9 Å². The van der Waals surface area contributed by atoms with Gasteiger partial charge < -0.3 is 5.32 Å². The topological polar surface area (TPSA) is 90.1 Å². The zero-order valence-corrected chi connectivity index (χ0v) is 13.8. The summed E-state index contributed by atoms with van der Waals surface area (Å²) in [6.45, 7) is 4.10. The monoisotopic (exact) mass is 366 g/mol. The van der Waals surface area contributed by atoms with Gasteiger partial charge in [-0.3, -0.25) is 19.6 Å². The number of nitro benzene ring substituents is 1. The molecule has 0 saturated heterocycles. The lowest BCUT2D eigenvalue weighted by molar-refractivity contribution is -0.384. The van der Waals surface area contributed by atoms with Crippen LogP contribution in [0.25, 0.3) is 0 Å². The van der Waals surface area contributed by atoms with Crippen LogP contribution in [0.2, 0.25) is 0 Å². The third-order valence-electron chi connectivity index (χ3n) is 3.29. The van der Waals surface area contributed by atoms with Crippen LogP contribution in [0.5, 0.6) is 0 Å². The van der Waals surface area contributed by atoms with Gasteiger partial charge in [-0.2, -0.15) is 5.10 Å². The first-order valence-corrected chi connectivity index (χ1v) is 7.40. The number of halogens is 1. The Bertz CT molecular complexity index is 727. The van der Waals surface area contributed by atoms with Crippen LogP contribution in [0.1, 0.15) is 17.7 Å². The van der Waals surface area contributed by atoms with Gasteiger partial charge in [-0.25, -0.2) is 0 Å². The first-order valence-electron chi connectivity index (χ1n) is 6.61. The van der Waals surface area contributed by atoms with Crippen molar-refractivity contribution in [2.24, 2.45) is 0 Å². The molecule has 1 N–H and O–H groups in total. The van der Waals surface area contributed by atoms with E-state index in [4.69, 9.17) is 0 Å². The van der Waals surface area contributed by atoms with Crippen LogP contribution in [0.15, 0.2) is 28.9 Å². The number of rotatable bonds is 5. The second-order valence-electron chi connectivity index (χ2n) is 4.86. The number of carbonyl (C=O) groups excluding carboxylic acids is 1. The SMILES string of the molecule is Cc1cc([N+](=O)[O-])ccc1NC(=O)CCn1ncc(Br)c1C. The fourth-order valence-electron chi connectivity index (χ4n) is 1.97. The minimum absolute atomic E-state index is 0.00696. The highest BCUT2D eigenvalue weighted by Gasteiger charge is 2.11. The molecular formula is C14H15BrN4O3. The van der Waals surface area contributed by atoms with Crippen LogP contribution in [-0.4, -0.2) is 20.6 Å². The molecule has 2 aromatic rings. The van der Waals surface area contributed by atoms with E-state index < -0.39 is 4.92 Å². The summed E-state index contributed by atoms with van der Waals surface area (Å²) in [7, 11) is 0. The highest BCUT2D eigenvalue weighted by molar-refractivity contribution is 9.10. The summed E-state index contributed by atoms with van der Waals surface area (Å²) < 4.78 is 2.64. The predicted octanol–water partition coefficient (Wildman–Crippen LogP) is 3.20. The molecule has 0 spiro atoms. The maximum Gasteiger partial charge on any atom is 0.269 e. The van der Waals surface area contributed by atoms with E-state index in [9.17, 15) is 14.9 Å². The molecule has 22 heavy (non-hydrogen) atoms. The van der Waals surface area contributed by atoms with Gasteiger partial charge >= 0.3 is 0 Å². The average Bonchev–Trinajstić information content (AvgIpc) is 2.78. The number of aryl methyl sites for hydroxylation is 2. The molecule has 0 aliphatic carbocycles. The minimum Gasteiger partial charge on any atom is -0.326 e. The van der Waals surface area contributed by atoms with Crippen LogP contribution < -0.4 is 5.32 Å². The van der Waals surface area contributed by atoms with Crippen molar-refractivity contribution in [3.63, 3.8) is 0 Å². The van der Waals surface area contributed by atoms with Crippen molar-refractivity contribution >= 4 is 33.2 Å². The number of benzene rings is 1. The van der Waals surface area contributed by atoms with Crippen LogP contribution in [-0.2, 0) is 11.3 Å². The second kappa shape index (κ2) is 6.69. The van der Waals surface area contributed by atoms with E-state index in [1.165, 1.54) is 12.1 Å². The maximum absolute atomic E-state index is 12.0. The molecule has 7 nitrogen and oxygen atoms in total. The van der Waals surface area contributed by atoms with Crippen molar-refractivity contribution < 1.29 is 9.72 Å². The Hall–Kier alpha value is -2.22. The summed E-state index contributed by atoms with van der Waals surface area (Å²) in [5.41, 5.74) is 2.20. The smallest absolute Gasteiger partial charge is 0.269 e. The number of hydrogen-bond acceptors (Lipinski definition) is 4. The predicted molar refractivity (Wildman–Crippen MR) is 85.7 cm³/mol. The molecule has 0 aliphatic rings. The van der Waals surface area contributed by atoms with Gasteiger partial charge in [-0.05, 0) is 41.4 Å². The largest absolute Gasteiger partial charge is 0.326 e. The van der Waals surface area contributed by atoms with Gasteiger partial charge in [0.2, 0.25) is 5.91 Å². The van der Waals surface area contributed by atoms with Crippen molar-refractivity contribution in [3.05, 3.63) is 50.2 Å². The molecular weight excluding hydrogens is 352 g/mol. The number of non-ortho nitro benzene ring substituents is 1. The number of nitro groups is 1. The number of carbonyl (C=O) groups is 1. The Labute approximate surface area is 135 Å². The molecule has 8 heteroatoms. The van der Waals surface area contributed by atoms with Crippen LogP contribution in [0.3, 0.4) is 0 Å². The van der Waals surface area contributed by atoms with E-state index in [0.29, 0.717) is 17.8 Å². The molecule has 1 aromatic carbocycles. The van der Waals surface area contributed by atoms with Crippen molar-refractivity contribution in [2.45, 2.75) is 26.8 Å². The summed E-state index contributed by atoms with van der Waals surface area (Å²) in [6, 6.07) is 4.35. The fraction of sp³-hybridized carbons (Fsp3) is 0.286. The Kier molecular flexibility index (Phi) is 4.92. The molecule has 0 unspecified atom stereocenters. The normalized spacial score (nSPS) is 10.5. The third-order valence-corrected chi connectivity index (χ3v) is 4.07. The van der Waals surface area contributed by atoms with Gasteiger partial charge in [0.05, 0.1) is 22.1 Å². The van der Waals surface area contributed by atoms with Crippen molar-refractivity contribution in [1.29, 1.82) is 0 Å². The van der Waals surface area contributed by atoms with E-state index in [-0.39, 0.29) is 18.0 Å². The summed E-state index contributed by atoms with van der Waals surface area (Å²) >= 11 is 3.37. The summed E-state index contributed by atoms with van der Waals surface area (Å²) in [6.07, 6.45) is 1.96. The Morgan fingerprint density at radius 2 is 2.18 bits per heavy atom. The summed E-state index contributed by atoms with van der Waals surface area (Å²) in [5.74, 6) is -0.164. The molecule has 0 radical (unpaired) electrons. The summed E-state index contributed by atoms with van der Waals surface area (Å²) in [4.78, 5) is 22.2. The van der Waals surface area contributed by atoms with Crippen molar-refractivity contribution in [1.82, 2.24) is 9.78 Å². The second-order valence-corrected chi connectivity index (χ2v) is 5.71. The van der Waals surface area contributed by atoms with Gasteiger partial charge in [0.15, 0.2) is 0 Å². The first-order chi connectivity index (χ1) is 10.4. The highest BCUT2D eigenvalue weighted by Crippen LogP contribution is 2.21. The van der Waals surface area contributed by atoms with Gasteiger partial charge in [-0.15, -0.1) is 0 Å². The van der Waals surface area contributed by atoms with Crippen LogP contribution in [0.4, 0.5) is 11.4 Å². The standard InChI is InChI=1S/C14H15BrN4O3/c1-9-7-11(19(21)22)3-4-13(9)17-14(20)5-6-18-10(2)12(15)8-16-18/h3-4,7-8H,5-6H2,1-2H3,(H,17,20). The summed E-state index contributed by atoms with van der Waals surface area (Å²) in [5, 5.41) is 17.6. The van der Waals surface area contributed by atoms with Crippen LogP contribution >= 0.6 is 15.9 Å². The lowest BCUT2D eigenvalue weighted by Crippen LogP contribution is -2.16. The lowest BCUT2D eigenvalue weighted by atomic mass is 10.1. The third kappa shape index (κ3) is 3.70. The molecule has 116 valence electrons. The van der Waals surface area contributed by atoms with E-state index in [1.54, 1.807) is 23.9 Å². The molecule has 0 fully saturated rings. The average molecular weight is 367 g/mol. The van der Waals surface area contributed by atoms with Crippen LogP contribution in [0, 0.1) is 24.0 Å².